The van der Waals surface area contributed by atoms with Crippen molar-refractivity contribution in [2.24, 2.45) is 10.7 Å². The standard InChI is InChI=1S/C16H22F3N5O2/c1-2-21-15(22-8-7-16(17,18)19)24-9-11-3-5-12(6-4-11)14(26)23-10-13(20)25/h3-6H,2,7-10H2,1H3,(H2,20,25)(H,23,26)(H2,21,22,24). The second-order valence-corrected chi connectivity index (χ2v) is 5.33. The molecule has 0 aliphatic carbocycles. The number of benzene rings is 1. The van der Waals surface area contributed by atoms with Gasteiger partial charge in [-0.3, -0.25) is 9.59 Å². The smallest absolute Gasteiger partial charge is 0.368 e. The van der Waals surface area contributed by atoms with E-state index in [1.807, 2.05) is 0 Å². The summed E-state index contributed by atoms with van der Waals surface area (Å²) in [7, 11) is 0. The summed E-state index contributed by atoms with van der Waals surface area (Å²) in [5.41, 5.74) is 6.07. The molecule has 0 saturated carbocycles. The average Bonchev–Trinajstić information content (AvgIpc) is 2.57. The number of nitrogens with two attached hydrogens (primary N) is 1. The van der Waals surface area contributed by atoms with Crippen LogP contribution in [0.4, 0.5) is 13.2 Å². The van der Waals surface area contributed by atoms with E-state index in [0.717, 1.165) is 5.56 Å². The van der Waals surface area contributed by atoms with Gasteiger partial charge in [0.2, 0.25) is 5.91 Å². The maximum absolute atomic E-state index is 12.2. The van der Waals surface area contributed by atoms with E-state index in [1.54, 1.807) is 31.2 Å². The summed E-state index contributed by atoms with van der Waals surface area (Å²) in [6.07, 6.45) is -5.18. The van der Waals surface area contributed by atoms with E-state index in [9.17, 15) is 22.8 Å². The van der Waals surface area contributed by atoms with E-state index >= 15 is 0 Å². The minimum Gasteiger partial charge on any atom is -0.368 e. The number of alkyl halides is 3. The third-order valence-corrected chi connectivity index (χ3v) is 3.10. The molecule has 5 N–H and O–H groups in total. The van der Waals surface area contributed by atoms with Crippen molar-refractivity contribution in [3.63, 3.8) is 0 Å². The highest BCUT2D eigenvalue weighted by atomic mass is 19.4. The molecule has 0 aliphatic rings. The van der Waals surface area contributed by atoms with Crippen LogP contribution >= 0.6 is 0 Å². The van der Waals surface area contributed by atoms with Crippen LogP contribution in [0.1, 0.15) is 29.3 Å². The lowest BCUT2D eigenvalue weighted by molar-refractivity contribution is -0.132. The summed E-state index contributed by atoms with van der Waals surface area (Å²) in [6.45, 7) is 2.02. The molecule has 7 nitrogen and oxygen atoms in total. The third-order valence-electron chi connectivity index (χ3n) is 3.10. The zero-order chi connectivity index (χ0) is 19.6. The Balaban J connectivity index is 2.60. The van der Waals surface area contributed by atoms with Gasteiger partial charge in [0.15, 0.2) is 5.96 Å². The highest BCUT2D eigenvalue weighted by Gasteiger charge is 2.26. The lowest BCUT2D eigenvalue weighted by atomic mass is 10.1. The van der Waals surface area contributed by atoms with Gasteiger partial charge in [-0.05, 0) is 24.6 Å². The van der Waals surface area contributed by atoms with E-state index in [2.05, 4.69) is 20.9 Å². The van der Waals surface area contributed by atoms with Gasteiger partial charge in [0.1, 0.15) is 0 Å². The molecule has 2 amide bonds. The number of hydrogen-bond donors (Lipinski definition) is 4. The average molecular weight is 373 g/mol. The molecule has 0 unspecified atom stereocenters. The van der Waals surface area contributed by atoms with Crippen LogP contribution < -0.4 is 21.7 Å². The second-order valence-electron chi connectivity index (χ2n) is 5.33. The summed E-state index contributed by atoms with van der Waals surface area (Å²) in [5, 5.41) is 7.84. The molecule has 0 spiro atoms. The molecule has 144 valence electrons. The number of primary amides is 1. The Morgan fingerprint density at radius 3 is 2.31 bits per heavy atom. The SMILES string of the molecule is CCNC(=NCc1ccc(C(=O)NCC(N)=O)cc1)NCCC(F)(F)F. The Kier molecular flexibility index (Phi) is 8.40. The molecule has 0 aliphatic heterocycles. The number of carbonyl (C=O) groups is 2. The molecule has 0 atom stereocenters. The van der Waals surface area contributed by atoms with Crippen molar-refractivity contribution < 1.29 is 22.8 Å². The predicted octanol–water partition coefficient (Wildman–Crippen LogP) is 0.909. The summed E-state index contributed by atoms with van der Waals surface area (Å²) < 4.78 is 36.6. The first kappa shape index (κ1) is 21.3. The lowest BCUT2D eigenvalue weighted by Crippen LogP contribution is -2.38. The maximum atomic E-state index is 12.2. The van der Waals surface area contributed by atoms with Crippen LogP contribution in [0.25, 0.3) is 0 Å². The molecule has 0 heterocycles. The molecule has 0 radical (unpaired) electrons. The second kappa shape index (κ2) is 10.3. The molecule has 1 aromatic rings. The van der Waals surface area contributed by atoms with Gasteiger partial charge in [0, 0.05) is 18.7 Å². The summed E-state index contributed by atoms with van der Waals surface area (Å²) in [5.74, 6) is -0.792. The van der Waals surface area contributed by atoms with Crippen LogP contribution in [0.3, 0.4) is 0 Å². The number of rotatable bonds is 8. The minimum atomic E-state index is -4.23. The van der Waals surface area contributed by atoms with Gasteiger partial charge < -0.3 is 21.7 Å². The number of hydrogen-bond acceptors (Lipinski definition) is 3. The molecular formula is C16H22F3N5O2. The quantitative estimate of drug-likeness (QED) is 0.401. The van der Waals surface area contributed by atoms with Gasteiger partial charge in [-0.2, -0.15) is 13.2 Å². The number of carbonyl (C=O) groups excluding carboxylic acids is 2. The first-order valence-corrected chi connectivity index (χ1v) is 7.95. The molecule has 1 rings (SSSR count). The van der Waals surface area contributed by atoms with Crippen molar-refractivity contribution in [3.8, 4) is 0 Å². The number of aliphatic imine (C=N–C) groups is 1. The number of guanidine groups is 1. The fourth-order valence-corrected chi connectivity index (χ4v) is 1.87. The first-order valence-electron chi connectivity index (χ1n) is 7.95. The lowest BCUT2D eigenvalue weighted by Gasteiger charge is -2.12. The summed E-state index contributed by atoms with van der Waals surface area (Å²) in [4.78, 5) is 26.6. The van der Waals surface area contributed by atoms with E-state index in [1.165, 1.54) is 0 Å². The molecule has 0 fully saturated rings. The monoisotopic (exact) mass is 373 g/mol. The molecule has 26 heavy (non-hydrogen) atoms. The normalized spacial score (nSPS) is 11.8. The summed E-state index contributed by atoms with van der Waals surface area (Å²) >= 11 is 0. The van der Waals surface area contributed by atoms with Crippen molar-refractivity contribution in [3.05, 3.63) is 35.4 Å². The highest BCUT2D eigenvalue weighted by molar-refractivity contribution is 5.96. The van der Waals surface area contributed by atoms with E-state index < -0.39 is 24.4 Å². The van der Waals surface area contributed by atoms with Crippen LogP contribution in [0.15, 0.2) is 29.3 Å². The van der Waals surface area contributed by atoms with Gasteiger partial charge >= 0.3 is 6.18 Å². The fourth-order valence-electron chi connectivity index (χ4n) is 1.87. The zero-order valence-electron chi connectivity index (χ0n) is 14.3. The summed E-state index contributed by atoms with van der Waals surface area (Å²) in [6, 6.07) is 6.46. The van der Waals surface area contributed by atoms with Crippen molar-refractivity contribution in [1.29, 1.82) is 0 Å². The predicted molar refractivity (Wildman–Crippen MR) is 91.5 cm³/mol. The van der Waals surface area contributed by atoms with Crippen molar-refractivity contribution in [1.82, 2.24) is 16.0 Å². The fraction of sp³-hybridized carbons (Fsp3) is 0.438. The van der Waals surface area contributed by atoms with Crippen LogP contribution in [0.5, 0.6) is 0 Å². The molecule has 10 heteroatoms. The van der Waals surface area contributed by atoms with Gasteiger partial charge in [-0.15, -0.1) is 0 Å². The van der Waals surface area contributed by atoms with Gasteiger partial charge in [0.25, 0.3) is 5.91 Å². The Bertz CT molecular complexity index is 630. The van der Waals surface area contributed by atoms with Crippen LogP contribution in [-0.2, 0) is 11.3 Å². The number of halogens is 3. The van der Waals surface area contributed by atoms with Crippen molar-refractivity contribution in [2.45, 2.75) is 26.1 Å². The molecule has 0 aromatic heterocycles. The van der Waals surface area contributed by atoms with Gasteiger partial charge in [-0.25, -0.2) is 4.99 Å². The topological polar surface area (TPSA) is 109 Å². The Morgan fingerprint density at radius 1 is 1.12 bits per heavy atom. The third kappa shape index (κ3) is 8.90. The zero-order valence-corrected chi connectivity index (χ0v) is 14.3. The number of nitrogens with zero attached hydrogens (tertiary/aromatic N) is 1. The number of amides is 2. The van der Waals surface area contributed by atoms with Gasteiger partial charge in [-0.1, -0.05) is 12.1 Å². The number of nitrogens with one attached hydrogen (secondary N) is 3. The van der Waals surface area contributed by atoms with E-state index in [-0.39, 0.29) is 25.6 Å². The molecular weight excluding hydrogens is 351 g/mol. The highest BCUT2D eigenvalue weighted by Crippen LogP contribution is 2.18. The van der Waals surface area contributed by atoms with E-state index in [4.69, 9.17) is 5.73 Å². The molecule has 1 aromatic carbocycles. The van der Waals surface area contributed by atoms with Crippen molar-refractivity contribution in [2.75, 3.05) is 19.6 Å². The Labute approximate surface area is 149 Å². The maximum Gasteiger partial charge on any atom is 0.390 e. The van der Waals surface area contributed by atoms with Crippen LogP contribution in [-0.4, -0.2) is 43.6 Å². The largest absolute Gasteiger partial charge is 0.390 e. The van der Waals surface area contributed by atoms with E-state index in [0.29, 0.717) is 12.1 Å². The van der Waals surface area contributed by atoms with Crippen molar-refractivity contribution >= 4 is 17.8 Å². The first-order chi connectivity index (χ1) is 12.2. The Hall–Kier alpha value is -2.78. The Morgan fingerprint density at radius 2 is 1.77 bits per heavy atom. The van der Waals surface area contributed by atoms with Crippen LogP contribution in [0, 0.1) is 0 Å². The van der Waals surface area contributed by atoms with Crippen LogP contribution in [0.2, 0.25) is 0 Å². The molecule has 0 saturated heterocycles. The minimum absolute atomic E-state index is 0.227. The molecule has 0 bridgehead atoms. The van der Waals surface area contributed by atoms with Gasteiger partial charge in [0.05, 0.1) is 19.5 Å².